The zero-order valence-corrected chi connectivity index (χ0v) is 19.0. The third-order valence-electron chi connectivity index (χ3n) is 8.06. The van der Waals surface area contributed by atoms with Crippen LogP contribution in [0.25, 0.3) is 0 Å². The molecule has 3 aliphatic rings. The maximum absolute atomic E-state index is 14.9. The van der Waals surface area contributed by atoms with E-state index in [9.17, 15) is 37.4 Å². The summed E-state index contributed by atoms with van der Waals surface area (Å²) in [7, 11) is 0. The van der Waals surface area contributed by atoms with E-state index in [1.54, 1.807) is 6.07 Å². The molecule has 188 valence electrons. The second-order valence-electron chi connectivity index (χ2n) is 10.3. The van der Waals surface area contributed by atoms with Crippen LogP contribution in [0.3, 0.4) is 0 Å². The van der Waals surface area contributed by atoms with Gasteiger partial charge in [-0.1, -0.05) is 12.5 Å². The van der Waals surface area contributed by atoms with E-state index in [-0.39, 0.29) is 49.8 Å². The molecule has 1 saturated carbocycles. The predicted octanol–water partition coefficient (Wildman–Crippen LogP) is 4.04. The molecule has 0 bridgehead atoms. The first-order valence-electron chi connectivity index (χ1n) is 11.7. The Bertz CT molecular complexity index is 957. The summed E-state index contributed by atoms with van der Waals surface area (Å²) in [6, 6.07) is 3.87. The topological polar surface area (TPSA) is 89.9 Å². The number of likely N-dealkylation sites (tertiary alicyclic amines) is 1. The number of halogens is 4. The van der Waals surface area contributed by atoms with Crippen molar-refractivity contribution in [2.75, 3.05) is 13.1 Å². The summed E-state index contributed by atoms with van der Waals surface area (Å²) in [5.41, 5.74) is -2.89. The van der Waals surface area contributed by atoms with Crippen molar-refractivity contribution in [3.05, 3.63) is 35.1 Å². The van der Waals surface area contributed by atoms with Gasteiger partial charge in [-0.25, -0.2) is 9.18 Å². The van der Waals surface area contributed by atoms with Crippen LogP contribution in [0.4, 0.5) is 17.6 Å². The number of hydrogen-bond acceptors (Lipinski definition) is 4. The molecule has 3 fully saturated rings. The van der Waals surface area contributed by atoms with Crippen LogP contribution in [-0.4, -0.2) is 57.9 Å². The molecule has 2 heterocycles. The lowest BCUT2D eigenvalue weighted by Gasteiger charge is -2.46. The number of carbonyl (C=O) groups excluding carboxylic acids is 1. The molecule has 4 atom stereocenters. The van der Waals surface area contributed by atoms with Crippen LogP contribution in [0.1, 0.15) is 73.8 Å². The summed E-state index contributed by atoms with van der Waals surface area (Å²) < 4.78 is 55.4. The molecule has 3 N–H and O–H groups in total. The number of benzene rings is 1. The molecule has 6 nitrogen and oxygen atoms in total. The van der Waals surface area contributed by atoms with Crippen LogP contribution in [0, 0.1) is 17.2 Å². The lowest BCUT2D eigenvalue weighted by atomic mass is 9.62. The maximum atomic E-state index is 14.9. The summed E-state index contributed by atoms with van der Waals surface area (Å²) in [6.07, 6.45) is -3.09. The highest BCUT2D eigenvalue weighted by molar-refractivity contribution is 5.98. The monoisotopic (exact) mass is 486 g/mol. The number of aliphatic hydroxyl groups is 1. The first kappa shape index (κ1) is 24.9. The lowest BCUT2D eigenvalue weighted by molar-refractivity contribution is -0.257. The van der Waals surface area contributed by atoms with Crippen LogP contribution in [0.2, 0.25) is 0 Å². The van der Waals surface area contributed by atoms with Crippen molar-refractivity contribution in [2.24, 2.45) is 11.3 Å². The van der Waals surface area contributed by atoms with E-state index in [0.29, 0.717) is 31.4 Å². The number of hydrogen-bond donors (Lipinski definition) is 3. The average Bonchev–Trinajstić information content (AvgIpc) is 3.05. The second kappa shape index (κ2) is 8.78. The van der Waals surface area contributed by atoms with Gasteiger partial charge in [0.1, 0.15) is 11.4 Å². The number of nitrogens with one attached hydrogen (secondary N) is 1. The zero-order chi connectivity index (χ0) is 24.9. The summed E-state index contributed by atoms with van der Waals surface area (Å²) >= 11 is 0. The quantitative estimate of drug-likeness (QED) is 0.547. The van der Waals surface area contributed by atoms with Gasteiger partial charge in [0.2, 0.25) is 0 Å². The Morgan fingerprint density at radius 3 is 2.44 bits per heavy atom. The molecule has 34 heavy (non-hydrogen) atoms. The van der Waals surface area contributed by atoms with E-state index in [1.165, 1.54) is 19.1 Å². The molecule has 1 aromatic rings. The largest absolute Gasteiger partial charge is 0.480 e. The molecule has 0 aromatic heterocycles. The highest BCUT2D eigenvalue weighted by atomic mass is 19.4. The Morgan fingerprint density at radius 1 is 1.24 bits per heavy atom. The highest BCUT2D eigenvalue weighted by Gasteiger charge is 2.58. The van der Waals surface area contributed by atoms with Gasteiger partial charge < -0.3 is 20.4 Å². The molecule has 0 spiro atoms. The van der Waals surface area contributed by atoms with E-state index in [0.717, 1.165) is 4.90 Å². The molecule has 0 radical (unpaired) electrons. The number of carbonyl (C=O) groups is 2. The fourth-order valence-corrected chi connectivity index (χ4v) is 5.76. The van der Waals surface area contributed by atoms with Gasteiger partial charge in [0.05, 0.1) is 17.1 Å². The molecule has 2 aliphatic heterocycles. The number of rotatable bonds is 5. The minimum atomic E-state index is -4.18. The molecular weight excluding hydrogens is 456 g/mol. The van der Waals surface area contributed by atoms with Gasteiger partial charge in [-0.05, 0) is 69.2 Å². The number of amides is 1. The van der Waals surface area contributed by atoms with Crippen LogP contribution in [0.15, 0.2) is 18.2 Å². The number of nitrogens with zero attached hydrogens (tertiary/aromatic N) is 1. The third-order valence-corrected chi connectivity index (χ3v) is 8.06. The average molecular weight is 487 g/mol. The van der Waals surface area contributed by atoms with Gasteiger partial charge >= 0.3 is 12.1 Å². The van der Waals surface area contributed by atoms with Gasteiger partial charge in [0.25, 0.3) is 5.91 Å². The van der Waals surface area contributed by atoms with Crippen LogP contribution < -0.4 is 5.32 Å². The molecular formula is C24H30F4N2O4. The van der Waals surface area contributed by atoms with Crippen molar-refractivity contribution >= 4 is 11.9 Å². The third kappa shape index (κ3) is 4.30. The molecule has 10 heteroatoms. The molecule has 1 aliphatic carbocycles. The SMILES string of the molecule is C[C@@]1(C(=O)O)C[C@@H](O)CN1C(=O)c1ccc(C2CCC(CC3(C(F)(F)F)CCC3)CN2)cc1F. The fraction of sp³-hybridized carbons (Fsp3) is 0.667. The van der Waals surface area contributed by atoms with Gasteiger partial charge in [0, 0.05) is 19.0 Å². The Morgan fingerprint density at radius 2 is 1.94 bits per heavy atom. The van der Waals surface area contributed by atoms with Crippen molar-refractivity contribution in [3.63, 3.8) is 0 Å². The van der Waals surface area contributed by atoms with Crippen LogP contribution in [-0.2, 0) is 4.79 Å². The summed E-state index contributed by atoms with van der Waals surface area (Å²) in [4.78, 5) is 25.6. The van der Waals surface area contributed by atoms with E-state index >= 15 is 0 Å². The fourth-order valence-electron chi connectivity index (χ4n) is 5.76. The Hall–Kier alpha value is -2.20. The zero-order valence-electron chi connectivity index (χ0n) is 19.0. The van der Waals surface area contributed by atoms with Crippen molar-refractivity contribution in [3.8, 4) is 0 Å². The number of piperidine rings is 1. The van der Waals surface area contributed by atoms with Crippen molar-refractivity contribution in [1.29, 1.82) is 0 Å². The number of β-amino-alcohol motifs (C(OH)–C–C–N with tert-alkyl or cyclic N) is 1. The number of carboxylic acid groups (broad SMARTS) is 1. The molecule has 4 rings (SSSR count). The first-order chi connectivity index (χ1) is 15.9. The normalized spacial score (nSPS) is 31.2. The molecule has 1 amide bonds. The summed E-state index contributed by atoms with van der Waals surface area (Å²) in [5.74, 6) is -2.98. The van der Waals surface area contributed by atoms with E-state index in [2.05, 4.69) is 5.32 Å². The van der Waals surface area contributed by atoms with E-state index < -0.39 is 40.9 Å². The Kier molecular flexibility index (Phi) is 6.44. The second-order valence-corrected chi connectivity index (χ2v) is 10.3. The van der Waals surface area contributed by atoms with Gasteiger partial charge in [-0.3, -0.25) is 4.79 Å². The maximum Gasteiger partial charge on any atom is 0.394 e. The molecule has 2 unspecified atom stereocenters. The number of alkyl halides is 3. The number of carboxylic acids is 1. The van der Waals surface area contributed by atoms with Crippen molar-refractivity contribution in [1.82, 2.24) is 10.2 Å². The molecule has 2 saturated heterocycles. The van der Waals surface area contributed by atoms with E-state index in [1.807, 2.05) is 0 Å². The first-order valence-corrected chi connectivity index (χ1v) is 11.7. The standard InChI is InChI=1S/C24H30F4N2O4/c1-22(21(33)34)11-16(31)13-30(22)20(32)17-5-4-15(9-18(17)25)19-6-3-14(12-29-19)10-23(7-2-8-23)24(26,27)28/h4-5,9,14,16,19,29,31H,2-3,6-8,10-13H2,1H3,(H,33,34)/t14?,16-,19?,22+/m1/s1. The van der Waals surface area contributed by atoms with Crippen molar-refractivity contribution < 1.29 is 37.4 Å². The summed E-state index contributed by atoms with van der Waals surface area (Å²) in [6.45, 7) is 1.53. The van der Waals surface area contributed by atoms with Crippen molar-refractivity contribution in [2.45, 2.75) is 75.7 Å². The predicted molar refractivity (Wildman–Crippen MR) is 115 cm³/mol. The number of aliphatic hydroxyl groups excluding tert-OH is 1. The van der Waals surface area contributed by atoms with Crippen LogP contribution >= 0.6 is 0 Å². The lowest BCUT2D eigenvalue weighted by Crippen LogP contribution is -2.51. The number of aliphatic carboxylic acids is 1. The van der Waals surface area contributed by atoms with Gasteiger partial charge in [-0.15, -0.1) is 0 Å². The smallest absolute Gasteiger partial charge is 0.394 e. The minimum absolute atomic E-state index is 0.0980. The van der Waals surface area contributed by atoms with E-state index in [4.69, 9.17) is 0 Å². The Labute approximate surface area is 195 Å². The molecule has 1 aromatic carbocycles. The Balaban J connectivity index is 1.41. The summed E-state index contributed by atoms with van der Waals surface area (Å²) in [5, 5.41) is 22.7. The van der Waals surface area contributed by atoms with Gasteiger partial charge in [-0.2, -0.15) is 13.2 Å². The van der Waals surface area contributed by atoms with Crippen LogP contribution in [0.5, 0.6) is 0 Å². The highest BCUT2D eigenvalue weighted by Crippen LogP contribution is 2.57. The minimum Gasteiger partial charge on any atom is -0.480 e. The van der Waals surface area contributed by atoms with Gasteiger partial charge in [0.15, 0.2) is 0 Å².